The summed E-state index contributed by atoms with van der Waals surface area (Å²) in [6, 6.07) is 3.89. The summed E-state index contributed by atoms with van der Waals surface area (Å²) in [5.41, 5.74) is 0. The summed E-state index contributed by atoms with van der Waals surface area (Å²) < 4.78 is 0. The molecule has 0 saturated carbocycles. The normalized spacial score (nSPS) is 6.62. The number of aldehydes is 1. The second kappa shape index (κ2) is 5.95. The Hall–Kier alpha value is -1.05. The van der Waals surface area contributed by atoms with Crippen LogP contribution in [0.2, 0.25) is 0 Å². The largest absolute Gasteiger partial charge is 0.368 e. The first-order valence-corrected chi connectivity index (χ1v) is 2.39. The number of aromatic nitrogens is 1. The second-order valence-corrected chi connectivity index (χ2v) is 1.12. The molecule has 1 aromatic heterocycles. The topological polar surface area (TPSA) is 32.9 Å². The lowest BCUT2D eigenvalue weighted by Crippen LogP contribution is -1.38. The molecule has 1 heterocycles. The van der Waals surface area contributed by atoms with Gasteiger partial charge in [0.1, 0.15) is 6.29 Å². The highest BCUT2D eigenvalue weighted by molar-refractivity contribution is 5.44. The van der Waals surface area contributed by atoms with Gasteiger partial charge in [-0.05, 0) is 19.1 Å². The van der Waals surface area contributed by atoms with E-state index in [1.807, 2.05) is 24.5 Å². The van der Waals surface area contributed by atoms with Crippen LogP contribution in [0.1, 0.15) is 6.92 Å². The maximum Gasteiger partial charge on any atom is 0.116 e. The number of hydrogen-bond acceptors (Lipinski definition) is 1. The van der Waals surface area contributed by atoms with Crippen LogP contribution in [0, 0.1) is 0 Å². The second-order valence-electron chi connectivity index (χ2n) is 1.12. The molecule has 44 valence electrons. The summed E-state index contributed by atoms with van der Waals surface area (Å²) in [6.07, 6.45) is 4.50. The van der Waals surface area contributed by atoms with Gasteiger partial charge in [-0.3, -0.25) is 0 Å². The van der Waals surface area contributed by atoms with Crippen molar-refractivity contribution < 1.29 is 4.79 Å². The van der Waals surface area contributed by atoms with Crippen LogP contribution in [-0.4, -0.2) is 11.3 Å². The van der Waals surface area contributed by atoms with Gasteiger partial charge in [0.05, 0.1) is 0 Å². The number of carbonyl (C=O) groups is 1. The zero-order valence-corrected chi connectivity index (χ0v) is 4.79. The van der Waals surface area contributed by atoms with E-state index in [0.717, 1.165) is 6.29 Å². The van der Waals surface area contributed by atoms with Gasteiger partial charge in [0.2, 0.25) is 0 Å². The molecule has 0 aliphatic rings. The van der Waals surface area contributed by atoms with E-state index in [4.69, 9.17) is 4.79 Å². The highest BCUT2D eigenvalue weighted by Gasteiger charge is 1.55. The molecule has 0 aromatic carbocycles. The average molecular weight is 111 g/mol. The molecule has 2 nitrogen and oxygen atoms in total. The maximum absolute atomic E-state index is 8.81. The smallest absolute Gasteiger partial charge is 0.116 e. The van der Waals surface area contributed by atoms with E-state index < -0.39 is 0 Å². The Kier molecular flexibility index (Phi) is 5.17. The van der Waals surface area contributed by atoms with Gasteiger partial charge in [0.15, 0.2) is 0 Å². The summed E-state index contributed by atoms with van der Waals surface area (Å²) in [5, 5.41) is 0. The number of rotatable bonds is 0. The summed E-state index contributed by atoms with van der Waals surface area (Å²) in [5.74, 6) is 0. The lowest BCUT2D eigenvalue weighted by Gasteiger charge is -1.49. The SMILES string of the molecule is CC=O.c1cc[nH]c1. The zero-order valence-electron chi connectivity index (χ0n) is 4.79. The number of aromatic amines is 1. The minimum Gasteiger partial charge on any atom is -0.368 e. The Labute approximate surface area is 48.5 Å². The van der Waals surface area contributed by atoms with Gasteiger partial charge in [-0.25, -0.2) is 0 Å². The van der Waals surface area contributed by atoms with Gasteiger partial charge in [-0.15, -0.1) is 0 Å². The van der Waals surface area contributed by atoms with Gasteiger partial charge < -0.3 is 9.78 Å². The van der Waals surface area contributed by atoms with Gasteiger partial charge in [-0.1, -0.05) is 0 Å². The monoisotopic (exact) mass is 111 g/mol. The van der Waals surface area contributed by atoms with Crippen molar-refractivity contribution in [2.45, 2.75) is 6.92 Å². The maximum atomic E-state index is 8.81. The molecule has 0 unspecified atom stereocenters. The minimum atomic E-state index is 0.750. The molecule has 1 N–H and O–H groups in total. The van der Waals surface area contributed by atoms with Gasteiger partial charge in [-0.2, -0.15) is 0 Å². The molecule has 0 spiro atoms. The lowest BCUT2D eigenvalue weighted by atomic mass is 10.7. The predicted octanol–water partition coefficient (Wildman–Crippen LogP) is 1.22. The van der Waals surface area contributed by atoms with Crippen molar-refractivity contribution >= 4 is 6.29 Å². The minimum absolute atomic E-state index is 0.750. The van der Waals surface area contributed by atoms with Crippen molar-refractivity contribution in [3.8, 4) is 0 Å². The molecule has 1 rings (SSSR count). The molecule has 0 amide bonds. The third kappa shape index (κ3) is 4.95. The molecule has 1 aromatic rings. The summed E-state index contributed by atoms with van der Waals surface area (Å²) in [6.45, 7) is 1.44. The van der Waals surface area contributed by atoms with Crippen molar-refractivity contribution in [2.24, 2.45) is 0 Å². The average Bonchev–Trinajstić information content (AvgIpc) is 2.17. The predicted molar refractivity (Wildman–Crippen MR) is 32.5 cm³/mol. The lowest BCUT2D eigenvalue weighted by molar-refractivity contribution is -0.106. The summed E-state index contributed by atoms with van der Waals surface area (Å²) in [7, 11) is 0. The Balaban J connectivity index is 0.000000145. The van der Waals surface area contributed by atoms with E-state index in [-0.39, 0.29) is 0 Å². The molecular formula is C6H9NO. The molecular weight excluding hydrogens is 102 g/mol. The Morgan fingerprint density at radius 1 is 1.38 bits per heavy atom. The van der Waals surface area contributed by atoms with Crippen LogP contribution in [0.25, 0.3) is 0 Å². The highest BCUT2D eigenvalue weighted by Crippen LogP contribution is 1.72. The fraction of sp³-hybridized carbons (Fsp3) is 0.167. The van der Waals surface area contributed by atoms with E-state index in [9.17, 15) is 0 Å². The van der Waals surface area contributed by atoms with Crippen LogP contribution in [0.15, 0.2) is 24.5 Å². The van der Waals surface area contributed by atoms with Crippen LogP contribution in [0.4, 0.5) is 0 Å². The quantitative estimate of drug-likeness (QED) is 0.501. The molecule has 0 fully saturated rings. The molecule has 0 aliphatic heterocycles. The zero-order chi connectivity index (χ0) is 6.24. The number of carbonyl (C=O) groups excluding carboxylic acids is 1. The Bertz CT molecular complexity index is 94.9. The van der Waals surface area contributed by atoms with E-state index in [2.05, 4.69) is 4.98 Å². The van der Waals surface area contributed by atoms with E-state index >= 15 is 0 Å². The van der Waals surface area contributed by atoms with Gasteiger partial charge in [0.25, 0.3) is 0 Å². The third-order valence-corrected chi connectivity index (χ3v) is 0.496. The fourth-order valence-corrected chi connectivity index (χ4v) is 0.278. The summed E-state index contributed by atoms with van der Waals surface area (Å²) >= 11 is 0. The van der Waals surface area contributed by atoms with Crippen LogP contribution in [0.5, 0.6) is 0 Å². The van der Waals surface area contributed by atoms with Crippen LogP contribution < -0.4 is 0 Å². The Morgan fingerprint density at radius 3 is 1.88 bits per heavy atom. The highest BCUT2D eigenvalue weighted by atomic mass is 16.1. The molecule has 0 aliphatic carbocycles. The molecule has 2 heteroatoms. The standard InChI is InChI=1S/C4H5N.C2H4O/c1-2-4-5-3-1;1-2-3/h1-5H;2H,1H3. The number of nitrogens with one attached hydrogen (secondary N) is 1. The molecule has 0 atom stereocenters. The first-order valence-electron chi connectivity index (χ1n) is 2.39. The van der Waals surface area contributed by atoms with E-state index in [0.29, 0.717) is 0 Å². The molecule has 0 bridgehead atoms. The van der Waals surface area contributed by atoms with Crippen molar-refractivity contribution in [2.75, 3.05) is 0 Å². The van der Waals surface area contributed by atoms with Crippen molar-refractivity contribution in [3.05, 3.63) is 24.5 Å². The van der Waals surface area contributed by atoms with Crippen LogP contribution in [0.3, 0.4) is 0 Å². The van der Waals surface area contributed by atoms with Gasteiger partial charge >= 0.3 is 0 Å². The number of hydrogen-bond donors (Lipinski definition) is 1. The van der Waals surface area contributed by atoms with Crippen LogP contribution in [-0.2, 0) is 4.79 Å². The van der Waals surface area contributed by atoms with Gasteiger partial charge in [0, 0.05) is 12.4 Å². The van der Waals surface area contributed by atoms with Crippen LogP contribution >= 0.6 is 0 Å². The summed E-state index contributed by atoms with van der Waals surface area (Å²) in [4.78, 5) is 11.7. The molecule has 8 heavy (non-hydrogen) atoms. The first kappa shape index (κ1) is 6.95. The van der Waals surface area contributed by atoms with Crippen molar-refractivity contribution in [3.63, 3.8) is 0 Å². The molecule has 0 saturated heterocycles. The first-order chi connectivity index (χ1) is 3.91. The Morgan fingerprint density at radius 2 is 1.75 bits per heavy atom. The van der Waals surface area contributed by atoms with Crippen molar-refractivity contribution in [1.82, 2.24) is 4.98 Å². The number of H-pyrrole nitrogens is 1. The van der Waals surface area contributed by atoms with Crippen molar-refractivity contribution in [1.29, 1.82) is 0 Å². The van der Waals surface area contributed by atoms with E-state index in [1.54, 1.807) is 0 Å². The third-order valence-electron chi connectivity index (χ3n) is 0.496. The fourth-order valence-electron chi connectivity index (χ4n) is 0.278. The molecule has 0 radical (unpaired) electrons. The van der Waals surface area contributed by atoms with E-state index in [1.165, 1.54) is 6.92 Å².